The van der Waals surface area contributed by atoms with E-state index >= 15 is 0 Å². The zero-order chi connectivity index (χ0) is 13.8. The molecule has 0 radical (unpaired) electrons. The van der Waals surface area contributed by atoms with Crippen LogP contribution in [0.3, 0.4) is 0 Å². The molecule has 0 amide bonds. The average molecular weight is 284 g/mol. The Morgan fingerprint density at radius 3 is 2.63 bits per heavy atom. The summed E-state index contributed by atoms with van der Waals surface area (Å²) in [6, 6.07) is 0.895. The molecule has 0 aromatic carbocycles. The van der Waals surface area contributed by atoms with Crippen molar-refractivity contribution < 1.29 is 4.42 Å². The van der Waals surface area contributed by atoms with Gasteiger partial charge in [-0.2, -0.15) is 0 Å². The van der Waals surface area contributed by atoms with Gasteiger partial charge >= 0.3 is 6.01 Å². The lowest BCUT2D eigenvalue weighted by atomic mass is 9.68. The van der Waals surface area contributed by atoms with E-state index in [4.69, 9.17) is 16.0 Å². The predicted octanol–water partition coefficient (Wildman–Crippen LogP) is 4.00. The molecular formula is C14H22ClN3O. The molecule has 1 aromatic rings. The summed E-state index contributed by atoms with van der Waals surface area (Å²) in [6.07, 6.45) is 3.92. The molecule has 2 bridgehead atoms. The maximum atomic E-state index is 5.96. The largest absolute Gasteiger partial charge is 0.406 e. The van der Waals surface area contributed by atoms with Crippen LogP contribution in [-0.2, 0) is 0 Å². The lowest BCUT2D eigenvalue weighted by Crippen LogP contribution is -2.45. The third-order valence-corrected chi connectivity index (χ3v) is 5.51. The predicted molar refractivity (Wildman–Crippen MR) is 75.2 cm³/mol. The van der Waals surface area contributed by atoms with Gasteiger partial charge in [0, 0.05) is 6.04 Å². The Morgan fingerprint density at radius 2 is 2.11 bits per heavy atom. The number of nitrogens with zero attached hydrogens (tertiary/aromatic N) is 2. The van der Waals surface area contributed by atoms with Gasteiger partial charge in [0.15, 0.2) is 0 Å². The molecule has 4 atom stereocenters. The first-order valence-corrected chi connectivity index (χ1v) is 7.50. The van der Waals surface area contributed by atoms with Crippen molar-refractivity contribution >= 4 is 17.6 Å². The number of halogens is 1. The Morgan fingerprint density at radius 1 is 1.37 bits per heavy atom. The normalized spacial score (nSPS) is 37.5. The maximum absolute atomic E-state index is 5.96. The molecule has 1 N–H and O–H groups in total. The van der Waals surface area contributed by atoms with E-state index in [2.05, 4.69) is 36.3 Å². The van der Waals surface area contributed by atoms with Crippen LogP contribution in [0.15, 0.2) is 4.42 Å². The van der Waals surface area contributed by atoms with E-state index in [0.717, 1.165) is 5.92 Å². The Bertz CT molecular complexity index is 480. The van der Waals surface area contributed by atoms with Crippen LogP contribution in [0.4, 0.5) is 6.01 Å². The van der Waals surface area contributed by atoms with E-state index < -0.39 is 0 Å². The smallest absolute Gasteiger partial charge is 0.315 e. The first-order valence-electron chi connectivity index (χ1n) is 7.07. The zero-order valence-corrected chi connectivity index (χ0v) is 12.8. The summed E-state index contributed by atoms with van der Waals surface area (Å²) in [5.41, 5.74) is 0.615. The van der Waals surface area contributed by atoms with Gasteiger partial charge in [-0.1, -0.05) is 25.9 Å². The first kappa shape index (κ1) is 13.2. The van der Waals surface area contributed by atoms with E-state index in [0.29, 0.717) is 23.4 Å². The van der Waals surface area contributed by atoms with Crippen LogP contribution in [0.1, 0.15) is 58.2 Å². The highest BCUT2D eigenvalue weighted by molar-refractivity contribution is 6.20. The van der Waals surface area contributed by atoms with Crippen LogP contribution in [-0.4, -0.2) is 16.2 Å². The van der Waals surface area contributed by atoms with Crippen molar-refractivity contribution in [1.29, 1.82) is 0 Å². The molecule has 1 heterocycles. The van der Waals surface area contributed by atoms with Crippen molar-refractivity contribution in [3.63, 3.8) is 0 Å². The zero-order valence-electron chi connectivity index (χ0n) is 12.0. The highest BCUT2D eigenvalue weighted by Gasteiger charge is 2.59. The Balaban J connectivity index is 1.82. The van der Waals surface area contributed by atoms with Gasteiger partial charge in [0.25, 0.3) is 0 Å². The van der Waals surface area contributed by atoms with Gasteiger partial charge in [-0.15, -0.1) is 16.7 Å². The summed E-state index contributed by atoms with van der Waals surface area (Å²) >= 11 is 5.96. The van der Waals surface area contributed by atoms with Crippen molar-refractivity contribution in [2.45, 2.75) is 58.4 Å². The molecule has 3 rings (SSSR count). The summed E-state index contributed by atoms with van der Waals surface area (Å²) in [7, 11) is 0. The van der Waals surface area contributed by atoms with Crippen LogP contribution in [0, 0.1) is 16.7 Å². The number of hydrogen-bond acceptors (Lipinski definition) is 4. The number of rotatable bonds is 3. The number of nitrogens with one attached hydrogen (secondary N) is 1. The van der Waals surface area contributed by atoms with Crippen molar-refractivity contribution in [2.75, 3.05) is 5.32 Å². The van der Waals surface area contributed by atoms with E-state index in [9.17, 15) is 0 Å². The highest BCUT2D eigenvalue weighted by atomic mass is 35.5. The topological polar surface area (TPSA) is 51.0 Å². The molecule has 0 spiro atoms. The van der Waals surface area contributed by atoms with E-state index in [1.165, 1.54) is 19.3 Å². The molecule has 2 aliphatic rings. The number of anilines is 1. The summed E-state index contributed by atoms with van der Waals surface area (Å²) in [6.45, 7) is 8.91. The number of aromatic nitrogens is 2. The monoisotopic (exact) mass is 283 g/mol. The molecule has 2 fully saturated rings. The summed E-state index contributed by atoms with van der Waals surface area (Å²) in [4.78, 5) is 0. The van der Waals surface area contributed by atoms with Crippen molar-refractivity contribution in [3.05, 3.63) is 5.89 Å². The molecule has 1 aromatic heterocycles. The first-order chi connectivity index (χ1) is 8.83. The molecule has 19 heavy (non-hydrogen) atoms. The van der Waals surface area contributed by atoms with Gasteiger partial charge in [-0.25, -0.2) is 0 Å². The molecule has 4 unspecified atom stereocenters. The lowest BCUT2D eigenvalue weighted by Gasteiger charge is -2.42. The highest BCUT2D eigenvalue weighted by Crippen LogP contribution is 2.63. The maximum Gasteiger partial charge on any atom is 0.315 e. The van der Waals surface area contributed by atoms with Gasteiger partial charge in [0.1, 0.15) is 5.38 Å². The molecule has 106 valence electrons. The van der Waals surface area contributed by atoms with Crippen molar-refractivity contribution in [3.8, 4) is 0 Å². The average Bonchev–Trinajstić information content (AvgIpc) is 2.95. The quantitative estimate of drug-likeness (QED) is 0.852. The van der Waals surface area contributed by atoms with Gasteiger partial charge in [-0.3, -0.25) is 0 Å². The summed E-state index contributed by atoms with van der Waals surface area (Å²) in [5, 5.41) is 11.3. The van der Waals surface area contributed by atoms with Gasteiger partial charge in [0.2, 0.25) is 5.89 Å². The fourth-order valence-electron chi connectivity index (χ4n) is 4.24. The van der Waals surface area contributed by atoms with Gasteiger partial charge in [0.05, 0.1) is 0 Å². The van der Waals surface area contributed by atoms with Gasteiger partial charge in [-0.05, 0) is 42.9 Å². The molecular weight excluding hydrogens is 262 g/mol. The standard InChI is InChI=1S/C14H22ClN3O/c1-8(15)10-17-18-12(19-10)16-11-13(2,3)9-5-6-14(11,4)7-9/h8-9,11H,5-7H2,1-4H3,(H,16,18). The second kappa shape index (κ2) is 4.11. The Kier molecular flexibility index (Phi) is 2.86. The third-order valence-electron chi connectivity index (χ3n) is 5.32. The third kappa shape index (κ3) is 1.95. The van der Waals surface area contributed by atoms with Gasteiger partial charge < -0.3 is 9.73 Å². The molecule has 2 aliphatic carbocycles. The molecule has 0 saturated heterocycles. The second-order valence-electron chi connectivity index (χ2n) is 7.05. The fourth-order valence-corrected chi connectivity index (χ4v) is 4.33. The fraction of sp³-hybridized carbons (Fsp3) is 0.857. The molecule has 4 nitrogen and oxygen atoms in total. The van der Waals surface area contributed by atoms with Crippen LogP contribution in [0.5, 0.6) is 0 Å². The summed E-state index contributed by atoms with van der Waals surface area (Å²) in [5.74, 6) is 1.28. The van der Waals surface area contributed by atoms with Crippen molar-refractivity contribution in [2.24, 2.45) is 16.7 Å². The minimum atomic E-state index is -0.244. The summed E-state index contributed by atoms with van der Waals surface area (Å²) < 4.78 is 5.59. The molecule has 2 saturated carbocycles. The van der Waals surface area contributed by atoms with E-state index in [1.54, 1.807) is 0 Å². The SMILES string of the molecule is CC(Cl)c1nnc(NC2C3(C)CCC(C3)C2(C)C)o1. The van der Waals surface area contributed by atoms with E-state index in [1.807, 2.05) is 6.92 Å². The van der Waals surface area contributed by atoms with Crippen molar-refractivity contribution in [1.82, 2.24) is 10.2 Å². The Labute approximate surface area is 119 Å². The minimum absolute atomic E-state index is 0.244. The van der Waals surface area contributed by atoms with Crippen LogP contribution >= 0.6 is 11.6 Å². The second-order valence-corrected chi connectivity index (χ2v) is 7.71. The molecule has 0 aliphatic heterocycles. The number of hydrogen-bond donors (Lipinski definition) is 1. The Hall–Kier alpha value is -0.770. The number of fused-ring (bicyclic) bond motifs is 2. The minimum Gasteiger partial charge on any atom is -0.406 e. The van der Waals surface area contributed by atoms with Crippen LogP contribution < -0.4 is 5.32 Å². The molecule has 5 heteroatoms. The number of alkyl halides is 1. The van der Waals surface area contributed by atoms with E-state index in [-0.39, 0.29) is 10.8 Å². The van der Waals surface area contributed by atoms with Crippen LogP contribution in [0.2, 0.25) is 0 Å². The van der Waals surface area contributed by atoms with Crippen LogP contribution in [0.25, 0.3) is 0 Å². The lowest BCUT2D eigenvalue weighted by molar-refractivity contribution is 0.153.